The molecule has 0 atom stereocenters. The predicted molar refractivity (Wildman–Crippen MR) is 118 cm³/mol. The zero-order chi connectivity index (χ0) is 20.7. The van der Waals surface area contributed by atoms with Crippen LogP contribution in [0.15, 0.2) is 41.7 Å². The molecule has 2 N–H and O–H groups in total. The van der Waals surface area contributed by atoms with Crippen molar-refractivity contribution in [1.82, 2.24) is 4.57 Å². The van der Waals surface area contributed by atoms with Crippen molar-refractivity contribution in [2.24, 2.45) is 7.05 Å². The van der Waals surface area contributed by atoms with Crippen molar-refractivity contribution in [3.05, 3.63) is 62.2 Å². The van der Waals surface area contributed by atoms with Crippen molar-refractivity contribution < 1.29 is 12.8 Å². The second-order valence-corrected chi connectivity index (χ2v) is 10.3. The summed E-state index contributed by atoms with van der Waals surface area (Å²) in [6.45, 7) is 5.25. The van der Waals surface area contributed by atoms with Crippen LogP contribution >= 0.6 is 22.6 Å². The molecule has 2 aromatic rings. The van der Waals surface area contributed by atoms with Gasteiger partial charge in [-0.05, 0) is 73.0 Å². The fourth-order valence-electron chi connectivity index (χ4n) is 3.08. The first-order chi connectivity index (χ1) is 13.1. The molecule has 0 bridgehead atoms. The van der Waals surface area contributed by atoms with Gasteiger partial charge in [0.1, 0.15) is 11.6 Å². The number of pyridine rings is 1. The van der Waals surface area contributed by atoms with Gasteiger partial charge in [0.2, 0.25) is 10.0 Å². The van der Waals surface area contributed by atoms with Crippen LogP contribution in [0, 0.1) is 16.3 Å². The average molecular weight is 517 g/mol. The Balaban J connectivity index is 2.06. The summed E-state index contributed by atoms with van der Waals surface area (Å²) < 4.78 is 43.9. The highest BCUT2D eigenvalue weighted by Crippen LogP contribution is 2.47. The number of nitrogens with zero attached hydrogens (tertiary/aromatic N) is 1. The van der Waals surface area contributed by atoms with Crippen molar-refractivity contribution in [2.75, 3.05) is 10.0 Å². The van der Waals surface area contributed by atoms with Crippen molar-refractivity contribution >= 4 is 49.8 Å². The Kier molecular flexibility index (Phi) is 5.59. The minimum Gasteiger partial charge on any atom is -0.337 e. The van der Waals surface area contributed by atoms with E-state index in [-0.39, 0.29) is 22.8 Å². The molecular formula is C19H21FIN3O3S. The summed E-state index contributed by atoms with van der Waals surface area (Å²) in [5.74, 6) is -0.326. The lowest BCUT2D eigenvalue weighted by Gasteiger charge is -2.21. The summed E-state index contributed by atoms with van der Waals surface area (Å²) in [4.78, 5) is 12.4. The molecule has 1 saturated carbocycles. The molecule has 1 aliphatic carbocycles. The fourth-order valence-corrected chi connectivity index (χ4v) is 5.17. The molecular weight excluding hydrogens is 496 g/mol. The first kappa shape index (κ1) is 20.8. The van der Waals surface area contributed by atoms with E-state index in [1.807, 2.05) is 22.6 Å². The van der Waals surface area contributed by atoms with E-state index >= 15 is 0 Å². The Bertz CT molecular complexity index is 1110. The summed E-state index contributed by atoms with van der Waals surface area (Å²) in [5.41, 5.74) is 0.422. The third-order valence-electron chi connectivity index (χ3n) is 4.92. The van der Waals surface area contributed by atoms with Gasteiger partial charge in [-0.1, -0.05) is 6.08 Å². The van der Waals surface area contributed by atoms with E-state index in [2.05, 4.69) is 16.6 Å². The van der Waals surface area contributed by atoms with Crippen LogP contribution in [0.5, 0.6) is 0 Å². The van der Waals surface area contributed by atoms with Crippen LogP contribution in [-0.4, -0.2) is 17.7 Å². The smallest absolute Gasteiger partial charge is 0.254 e. The molecule has 28 heavy (non-hydrogen) atoms. The van der Waals surface area contributed by atoms with Gasteiger partial charge in [0, 0.05) is 16.2 Å². The molecule has 0 radical (unpaired) electrons. The molecule has 0 amide bonds. The number of aryl methyl sites for hydroxylation is 1. The van der Waals surface area contributed by atoms with E-state index in [0.29, 0.717) is 24.8 Å². The second kappa shape index (κ2) is 7.51. The minimum atomic E-state index is -3.71. The second-order valence-electron chi connectivity index (χ2n) is 6.98. The maximum Gasteiger partial charge on any atom is 0.254 e. The molecule has 1 aromatic heterocycles. The molecule has 0 unspecified atom stereocenters. The van der Waals surface area contributed by atoms with Crippen LogP contribution in [0.2, 0.25) is 0 Å². The number of anilines is 3. The highest BCUT2D eigenvalue weighted by Gasteiger charge is 2.53. The van der Waals surface area contributed by atoms with Crippen LogP contribution in [0.4, 0.5) is 21.6 Å². The number of benzene rings is 1. The van der Waals surface area contributed by atoms with Crippen LogP contribution in [0.1, 0.15) is 24.8 Å². The fraction of sp³-hybridized carbons (Fsp3) is 0.316. The van der Waals surface area contributed by atoms with Gasteiger partial charge in [0.05, 0.1) is 16.1 Å². The highest BCUT2D eigenvalue weighted by molar-refractivity contribution is 14.1. The zero-order valence-electron chi connectivity index (χ0n) is 15.6. The number of nitrogens with one attached hydrogen (secondary N) is 2. The Morgan fingerprint density at radius 3 is 2.57 bits per heavy atom. The number of hydrogen-bond donors (Lipinski definition) is 2. The Morgan fingerprint density at radius 1 is 1.32 bits per heavy atom. The van der Waals surface area contributed by atoms with Crippen LogP contribution in [0.25, 0.3) is 0 Å². The van der Waals surface area contributed by atoms with Gasteiger partial charge in [-0.3, -0.25) is 14.1 Å². The Morgan fingerprint density at radius 2 is 2.00 bits per heavy atom. The molecule has 1 fully saturated rings. The third kappa shape index (κ3) is 3.82. The Hall–Kier alpha value is -1.88. The van der Waals surface area contributed by atoms with Crippen molar-refractivity contribution in [1.29, 1.82) is 0 Å². The number of hydrogen-bond acceptors (Lipinski definition) is 4. The van der Waals surface area contributed by atoms with Crippen LogP contribution in [0.3, 0.4) is 0 Å². The van der Waals surface area contributed by atoms with Gasteiger partial charge in [0.15, 0.2) is 0 Å². The van der Waals surface area contributed by atoms with Gasteiger partial charge in [-0.15, -0.1) is 6.58 Å². The number of aromatic nitrogens is 1. The van der Waals surface area contributed by atoms with Gasteiger partial charge in [-0.25, -0.2) is 12.8 Å². The number of sulfonamides is 1. The normalized spacial score (nSPS) is 15.1. The van der Waals surface area contributed by atoms with Crippen LogP contribution < -0.4 is 15.6 Å². The SMILES string of the molecule is C=CCC1(S(=O)(=O)Nc2cc(C)c(=O)n(C)c2Nc2ccc(I)cc2F)CC1. The van der Waals surface area contributed by atoms with E-state index in [0.717, 1.165) is 3.57 Å². The lowest BCUT2D eigenvalue weighted by atomic mass is 10.2. The van der Waals surface area contributed by atoms with Gasteiger partial charge in [0.25, 0.3) is 5.56 Å². The molecule has 150 valence electrons. The Labute approximate surface area is 177 Å². The summed E-state index contributed by atoms with van der Waals surface area (Å²) in [6.07, 6.45) is 3.04. The van der Waals surface area contributed by atoms with Gasteiger partial charge in [-0.2, -0.15) is 0 Å². The molecule has 1 aliphatic rings. The average Bonchev–Trinajstić information content (AvgIpc) is 3.40. The van der Waals surface area contributed by atoms with Crippen molar-refractivity contribution in [3.8, 4) is 0 Å². The number of rotatable bonds is 7. The molecule has 6 nitrogen and oxygen atoms in total. The summed E-state index contributed by atoms with van der Waals surface area (Å²) in [5, 5.41) is 2.87. The van der Waals surface area contributed by atoms with E-state index in [1.54, 1.807) is 25.1 Å². The summed E-state index contributed by atoms with van der Waals surface area (Å²) in [6, 6.07) is 6.07. The molecule has 0 aliphatic heterocycles. The molecule has 3 rings (SSSR count). The standard InChI is InChI=1S/C19H21FIN3O3S/c1-4-7-19(8-9-19)28(26,27)23-16-10-12(2)18(25)24(3)17(16)22-15-6-5-13(21)11-14(15)20/h4-6,10-11,22-23H,1,7-9H2,2-3H3. The third-order valence-corrected chi connectivity index (χ3v) is 7.79. The maximum atomic E-state index is 14.3. The predicted octanol–water partition coefficient (Wildman–Crippen LogP) is 4.03. The molecule has 1 aromatic carbocycles. The molecule has 0 spiro atoms. The summed E-state index contributed by atoms with van der Waals surface area (Å²) in [7, 11) is -2.20. The number of allylic oxidation sites excluding steroid dienone is 1. The van der Waals surface area contributed by atoms with E-state index in [9.17, 15) is 17.6 Å². The zero-order valence-corrected chi connectivity index (χ0v) is 18.5. The summed E-state index contributed by atoms with van der Waals surface area (Å²) >= 11 is 1.99. The maximum absolute atomic E-state index is 14.3. The van der Waals surface area contributed by atoms with Crippen LogP contribution in [-0.2, 0) is 17.1 Å². The highest BCUT2D eigenvalue weighted by atomic mass is 127. The van der Waals surface area contributed by atoms with E-state index in [1.165, 1.54) is 23.7 Å². The van der Waals surface area contributed by atoms with Gasteiger partial charge < -0.3 is 5.32 Å². The lowest BCUT2D eigenvalue weighted by Crippen LogP contribution is -2.31. The van der Waals surface area contributed by atoms with Crippen molar-refractivity contribution in [2.45, 2.75) is 30.9 Å². The first-order valence-electron chi connectivity index (χ1n) is 8.66. The quantitative estimate of drug-likeness (QED) is 0.430. The van der Waals surface area contributed by atoms with E-state index < -0.39 is 20.6 Å². The minimum absolute atomic E-state index is 0.145. The van der Waals surface area contributed by atoms with Gasteiger partial charge >= 0.3 is 0 Å². The van der Waals surface area contributed by atoms with Crippen molar-refractivity contribution in [3.63, 3.8) is 0 Å². The molecule has 1 heterocycles. The monoisotopic (exact) mass is 517 g/mol. The topological polar surface area (TPSA) is 80.2 Å². The first-order valence-corrected chi connectivity index (χ1v) is 11.2. The van der Waals surface area contributed by atoms with E-state index in [4.69, 9.17) is 0 Å². The largest absolute Gasteiger partial charge is 0.337 e. The lowest BCUT2D eigenvalue weighted by molar-refractivity contribution is 0.582. The number of halogens is 2. The molecule has 9 heteroatoms. The molecule has 0 saturated heterocycles.